The van der Waals surface area contributed by atoms with Crippen molar-refractivity contribution in [2.75, 3.05) is 41.1 Å². The standard InChI is InChI=1S/C23H31N5O4S/c1-15(2)25-23(30)18-6-8-21(28-11-9-24-10-12-28)20(14-18)27-33(31,32)22-13-16(3)5-7-19(22)26-17(4)29/h5-8,13-15,24,27H,9-12H2,1-4H3,(H,25,30)(H,26,29). The van der Waals surface area contributed by atoms with Gasteiger partial charge in [-0.1, -0.05) is 6.07 Å². The van der Waals surface area contributed by atoms with Crippen molar-refractivity contribution in [2.24, 2.45) is 0 Å². The van der Waals surface area contributed by atoms with Gasteiger partial charge in [-0.05, 0) is 56.7 Å². The van der Waals surface area contributed by atoms with Gasteiger partial charge in [0.05, 0.1) is 17.1 Å². The van der Waals surface area contributed by atoms with Crippen molar-refractivity contribution in [1.29, 1.82) is 0 Å². The molecule has 33 heavy (non-hydrogen) atoms. The molecule has 4 N–H and O–H groups in total. The Morgan fingerprint density at radius 3 is 2.36 bits per heavy atom. The summed E-state index contributed by atoms with van der Waals surface area (Å²) in [7, 11) is -4.08. The first-order valence-electron chi connectivity index (χ1n) is 10.9. The Hall–Kier alpha value is -3.11. The highest BCUT2D eigenvalue weighted by Crippen LogP contribution is 2.32. The predicted molar refractivity (Wildman–Crippen MR) is 130 cm³/mol. The molecule has 178 valence electrons. The van der Waals surface area contributed by atoms with Crippen LogP contribution in [-0.4, -0.2) is 52.5 Å². The molecule has 1 saturated heterocycles. The highest BCUT2D eigenvalue weighted by molar-refractivity contribution is 7.93. The molecule has 0 spiro atoms. The minimum absolute atomic E-state index is 0.0407. The summed E-state index contributed by atoms with van der Waals surface area (Å²) in [4.78, 5) is 26.2. The summed E-state index contributed by atoms with van der Waals surface area (Å²) in [5, 5.41) is 8.69. The van der Waals surface area contributed by atoms with E-state index >= 15 is 0 Å². The number of benzene rings is 2. The molecule has 0 unspecified atom stereocenters. The van der Waals surface area contributed by atoms with Gasteiger partial charge in [0, 0.05) is 44.7 Å². The van der Waals surface area contributed by atoms with E-state index in [1.165, 1.54) is 13.0 Å². The van der Waals surface area contributed by atoms with Crippen LogP contribution in [0.5, 0.6) is 0 Å². The number of nitrogens with zero attached hydrogens (tertiary/aromatic N) is 1. The molecule has 0 saturated carbocycles. The number of anilines is 3. The van der Waals surface area contributed by atoms with Crippen molar-refractivity contribution in [3.8, 4) is 0 Å². The number of rotatable bonds is 7. The minimum atomic E-state index is -4.08. The summed E-state index contributed by atoms with van der Waals surface area (Å²) in [5.74, 6) is -0.657. The Labute approximate surface area is 195 Å². The van der Waals surface area contributed by atoms with E-state index in [0.717, 1.165) is 18.7 Å². The Morgan fingerprint density at radius 2 is 1.73 bits per heavy atom. The Morgan fingerprint density at radius 1 is 1.03 bits per heavy atom. The van der Waals surface area contributed by atoms with Crippen molar-refractivity contribution >= 4 is 38.9 Å². The fraction of sp³-hybridized carbons (Fsp3) is 0.391. The van der Waals surface area contributed by atoms with E-state index in [9.17, 15) is 18.0 Å². The number of carbonyl (C=O) groups excluding carboxylic acids is 2. The molecule has 3 rings (SSSR count). The van der Waals surface area contributed by atoms with Crippen LogP contribution >= 0.6 is 0 Å². The largest absolute Gasteiger partial charge is 0.367 e. The van der Waals surface area contributed by atoms with E-state index in [1.807, 2.05) is 13.8 Å². The van der Waals surface area contributed by atoms with Gasteiger partial charge in [0.15, 0.2) is 0 Å². The third kappa shape index (κ3) is 6.23. The molecule has 2 aromatic rings. The average Bonchev–Trinajstić information content (AvgIpc) is 2.74. The molecule has 2 amide bonds. The van der Waals surface area contributed by atoms with Crippen LogP contribution < -0.4 is 25.6 Å². The molecule has 2 aromatic carbocycles. The lowest BCUT2D eigenvalue weighted by Crippen LogP contribution is -2.43. The van der Waals surface area contributed by atoms with Gasteiger partial charge in [0.25, 0.3) is 15.9 Å². The monoisotopic (exact) mass is 473 g/mol. The molecule has 0 aliphatic carbocycles. The third-order valence-corrected chi connectivity index (χ3v) is 6.52. The van der Waals surface area contributed by atoms with E-state index in [4.69, 9.17) is 0 Å². The minimum Gasteiger partial charge on any atom is -0.367 e. The van der Waals surface area contributed by atoms with Crippen LogP contribution in [0.25, 0.3) is 0 Å². The molecular formula is C23H31N5O4S. The SMILES string of the molecule is CC(=O)Nc1ccc(C)cc1S(=O)(=O)Nc1cc(C(=O)NC(C)C)ccc1N1CCNCC1. The fourth-order valence-corrected chi connectivity index (χ4v) is 4.94. The highest BCUT2D eigenvalue weighted by Gasteiger charge is 2.24. The molecule has 0 bridgehead atoms. The van der Waals surface area contributed by atoms with Gasteiger partial charge < -0.3 is 20.9 Å². The molecule has 0 atom stereocenters. The number of piperazine rings is 1. The molecular weight excluding hydrogens is 442 g/mol. The van der Waals surface area contributed by atoms with E-state index in [1.54, 1.807) is 37.3 Å². The summed E-state index contributed by atoms with van der Waals surface area (Å²) in [6, 6.07) is 9.76. The topological polar surface area (TPSA) is 120 Å². The highest BCUT2D eigenvalue weighted by atomic mass is 32.2. The molecule has 9 nitrogen and oxygen atoms in total. The number of amides is 2. The average molecular weight is 474 g/mol. The van der Waals surface area contributed by atoms with Crippen LogP contribution in [0, 0.1) is 6.92 Å². The van der Waals surface area contributed by atoms with E-state index in [0.29, 0.717) is 30.0 Å². The smallest absolute Gasteiger partial charge is 0.264 e. The second-order valence-electron chi connectivity index (χ2n) is 8.38. The van der Waals surface area contributed by atoms with Gasteiger partial charge in [0.2, 0.25) is 5.91 Å². The van der Waals surface area contributed by atoms with E-state index in [-0.39, 0.29) is 28.4 Å². The maximum atomic E-state index is 13.5. The number of nitrogens with one attached hydrogen (secondary N) is 4. The number of aryl methyl sites for hydroxylation is 1. The zero-order valence-electron chi connectivity index (χ0n) is 19.4. The van der Waals surface area contributed by atoms with Crippen LogP contribution in [0.4, 0.5) is 17.1 Å². The third-order valence-electron chi connectivity index (χ3n) is 5.12. The van der Waals surface area contributed by atoms with Crippen LogP contribution in [0.3, 0.4) is 0 Å². The molecule has 1 aliphatic rings. The Balaban J connectivity index is 2.05. The number of hydrogen-bond donors (Lipinski definition) is 4. The number of hydrogen-bond acceptors (Lipinski definition) is 6. The van der Waals surface area contributed by atoms with Crippen molar-refractivity contribution in [2.45, 2.75) is 38.6 Å². The van der Waals surface area contributed by atoms with Gasteiger partial charge in [-0.3, -0.25) is 14.3 Å². The Kier molecular flexibility index (Phi) is 7.60. The van der Waals surface area contributed by atoms with Crippen molar-refractivity contribution in [3.05, 3.63) is 47.5 Å². The van der Waals surface area contributed by atoms with Gasteiger partial charge in [-0.2, -0.15) is 0 Å². The molecule has 1 fully saturated rings. The molecule has 0 aromatic heterocycles. The second kappa shape index (κ2) is 10.2. The summed E-state index contributed by atoms with van der Waals surface area (Å²) < 4.78 is 29.6. The van der Waals surface area contributed by atoms with Crippen molar-refractivity contribution in [1.82, 2.24) is 10.6 Å². The first kappa shape index (κ1) is 24.5. The first-order valence-corrected chi connectivity index (χ1v) is 12.4. The lowest BCUT2D eigenvalue weighted by atomic mass is 10.1. The normalized spacial score (nSPS) is 14.2. The quantitative estimate of drug-likeness (QED) is 0.490. The summed E-state index contributed by atoms with van der Waals surface area (Å²) in [6.07, 6.45) is 0. The Bertz CT molecular complexity index is 1140. The maximum absolute atomic E-state index is 13.5. The lowest BCUT2D eigenvalue weighted by molar-refractivity contribution is -0.114. The lowest BCUT2D eigenvalue weighted by Gasteiger charge is -2.31. The second-order valence-corrected chi connectivity index (χ2v) is 10.0. The van der Waals surface area contributed by atoms with Crippen molar-refractivity contribution < 1.29 is 18.0 Å². The molecule has 1 aliphatic heterocycles. The summed E-state index contributed by atoms with van der Waals surface area (Å²) in [6.45, 7) is 9.76. The molecule has 0 radical (unpaired) electrons. The summed E-state index contributed by atoms with van der Waals surface area (Å²) in [5.41, 5.74) is 2.28. The summed E-state index contributed by atoms with van der Waals surface area (Å²) >= 11 is 0. The van der Waals surface area contributed by atoms with E-state index in [2.05, 4.69) is 25.6 Å². The molecule has 10 heteroatoms. The zero-order valence-corrected chi connectivity index (χ0v) is 20.2. The van der Waals surface area contributed by atoms with Crippen LogP contribution in [0.2, 0.25) is 0 Å². The van der Waals surface area contributed by atoms with E-state index < -0.39 is 10.0 Å². The zero-order chi connectivity index (χ0) is 24.2. The van der Waals surface area contributed by atoms with Crippen molar-refractivity contribution in [3.63, 3.8) is 0 Å². The van der Waals surface area contributed by atoms with Crippen LogP contribution in [0.15, 0.2) is 41.3 Å². The first-order chi connectivity index (χ1) is 15.6. The maximum Gasteiger partial charge on any atom is 0.264 e. The van der Waals surface area contributed by atoms with Gasteiger partial charge in [0.1, 0.15) is 4.90 Å². The predicted octanol–water partition coefficient (Wildman–Crippen LogP) is 2.30. The molecule has 1 heterocycles. The fourth-order valence-electron chi connectivity index (χ4n) is 3.63. The van der Waals surface area contributed by atoms with Gasteiger partial charge in [-0.25, -0.2) is 8.42 Å². The number of carbonyl (C=O) groups is 2. The van der Waals surface area contributed by atoms with Crippen LogP contribution in [-0.2, 0) is 14.8 Å². The van der Waals surface area contributed by atoms with Gasteiger partial charge in [-0.15, -0.1) is 0 Å². The van der Waals surface area contributed by atoms with Gasteiger partial charge >= 0.3 is 0 Å². The number of sulfonamides is 1. The van der Waals surface area contributed by atoms with Crippen LogP contribution in [0.1, 0.15) is 36.7 Å².